The third-order valence-corrected chi connectivity index (χ3v) is 8.73. The Kier molecular flexibility index (Phi) is 9.42. The predicted molar refractivity (Wildman–Crippen MR) is 155 cm³/mol. The number of hydrogen-bond acceptors (Lipinski definition) is 6. The van der Waals surface area contributed by atoms with Crippen molar-refractivity contribution in [3.63, 3.8) is 0 Å². The van der Waals surface area contributed by atoms with E-state index in [0.29, 0.717) is 43.1 Å². The summed E-state index contributed by atoms with van der Waals surface area (Å²) in [7, 11) is -4.03. The van der Waals surface area contributed by atoms with Gasteiger partial charge in [-0.2, -0.15) is 0 Å². The standard InChI is InChI=1S/C29H32BrN3O5S/c1-3-38-29(35)23-10-7-17-33(19-23)26-16-15-25(31-28(34)22-11-13-24(30)14-12-22)18-27(26)39(36,37)32-20(2)21-8-5-4-6-9-21/h4-6,8-9,11-16,18,20,23,32H,3,7,10,17,19H2,1-2H3,(H,31,34)/t20-,23+/m1/s1. The van der Waals surface area contributed by atoms with Gasteiger partial charge in [0.1, 0.15) is 4.90 Å². The van der Waals surface area contributed by atoms with Crippen LogP contribution in [0.2, 0.25) is 0 Å². The molecule has 0 spiro atoms. The summed E-state index contributed by atoms with van der Waals surface area (Å²) in [5.41, 5.74) is 2.08. The van der Waals surface area contributed by atoms with Gasteiger partial charge in [-0.3, -0.25) is 9.59 Å². The lowest BCUT2D eigenvalue weighted by atomic mass is 9.97. The molecular weight excluding hydrogens is 582 g/mol. The minimum absolute atomic E-state index is 0.0309. The molecule has 4 rings (SSSR count). The molecule has 1 heterocycles. The van der Waals surface area contributed by atoms with Crippen molar-refractivity contribution >= 4 is 49.2 Å². The highest BCUT2D eigenvalue weighted by Crippen LogP contribution is 2.33. The maximum absolute atomic E-state index is 13.8. The molecule has 8 nitrogen and oxygen atoms in total. The number of nitrogens with one attached hydrogen (secondary N) is 2. The number of rotatable bonds is 9. The minimum atomic E-state index is -4.03. The molecule has 0 unspecified atom stereocenters. The first-order valence-corrected chi connectivity index (χ1v) is 15.2. The first-order chi connectivity index (χ1) is 18.7. The molecule has 39 heavy (non-hydrogen) atoms. The zero-order valence-corrected chi connectivity index (χ0v) is 24.3. The smallest absolute Gasteiger partial charge is 0.310 e. The fourth-order valence-electron chi connectivity index (χ4n) is 4.63. The quantitative estimate of drug-likeness (QED) is 0.308. The van der Waals surface area contributed by atoms with Gasteiger partial charge in [-0.15, -0.1) is 0 Å². The fourth-order valence-corrected chi connectivity index (χ4v) is 6.37. The minimum Gasteiger partial charge on any atom is -0.466 e. The second kappa shape index (κ2) is 12.8. The third-order valence-electron chi connectivity index (χ3n) is 6.63. The van der Waals surface area contributed by atoms with Crippen LogP contribution >= 0.6 is 15.9 Å². The summed E-state index contributed by atoms with van der Waals surface area (Å²) in [4.78, 5) is 27.3. The number of sulfonamides is 1. The Morgan fingerprint density at radius 2 is 1.79 bits per heavy atom. The highest BCUT2D eigenvalue weighted by Gasteiger charge is 2.31. The van der Waals surface area contributed by atoms with Gasteiger partial charge in [-0.05, 0) is 74.7 Å². The number of anilines is 2. The SMILES string of the molecule is CCOC(=O)[C@H]1CCCN(c2ccc(NC(=O)c3ccc(Br)cc3)cc2S(=O)(=O)N[C@H](C)c2ccccc2)C1. The van der Waals surface area contributed by atoms with Gasteiger partial charge < -0.3 is 15.0 Å². The van der Waals surface area contributed by atoms with Crippen LogP contribution in [0, 0.1) is 5.92 Å². The van der Waals surface area contributed by atoms with Gasteiger partial charge in [0, 0.05) is 34.9 Å². The van der Waals surface area contributed by atoms with Crippen LogP contribution in [-0.4, -0.2) is 40.0 Å². The van der Waals surface area contributed by atoms with Gasteiger partial charge in [0.2, 0.25) is 10.0 Å². The van der Waals surface area contributed by atoms with E-state index < -0.39 is 16.1 Å². The predicted octanol–water partition coefficient (Wildman–Crippen LogP) is 5.52. The number of amides is 1. The summed E-state index contributed by atoms with van der Waals surface area (Å²) in [6.07, 6.45) is 1.40. The average Bonchev–Trinajstić information content (AvgIpc) is 2.94. The highest BCUT2D eigenvalue weighted by molar-refractivity contribution is 9.10. The maximum atomic E-state index is 13.8. The van der Waals surface area contributed by atoms with Gasteiger partial charge in [-0.1, -0.05) is 46.3 Å². The molecule has 2 N–H and O–H groups in total. The lowest BCUT2D eigenvalue weighted by Gasteiger charge is -2.34. The summed E-state index contributed by atoms with van der Waals surface area (Å²) >= 11 is 3.36. The van der Waals surface area contributed by atoms with Crippen molar-refractivity contribution in [1.29, 1.82) is 0 Å². The van der Waals surface area contributed by atoms with Crippen LogP contribution in [0.4, 0.5) is 11.4 Å². The monoisotopic (exact) mass is 613 g/mol. The van der Waals surface area contributed by atoms with Crippen molar-refractivity contribution in [1.82, 2.24) is 4.72 Å². The second-order valence-electron chi connectivity index (χ2n) is 9.43. The number of esters is 1. The van der Waals surface area contributed by atoms with E-state index in [1.54, 1.807) is 50.2 Å². The van der Waals surface area contributed by atoms with Crippen LogP contribution in [0.3, 0.4) is 0 Å². The van der Waals surface area contributed by atoms with Crippen molar-refractivity contribution in [2.45, 2.75) is 37.6 Å². The van der Waals surface area contributed by atoms with Gasteiger partial charge in [0.25, 0.3) is 5.91 Å². The van der Waals surface area contributed by atoms with Gasteiger partial charge in [-0.25, -0.2) is 13.1 Å². The van der Waals surface area contributed by atoms with Crippen molar-refractivity contribution in [2.75, 3.05) is 29.9 Å². The molecule has 1 amide bonds. The van der Waals surface area contributed by atoms with Crippen molar-refractivity contribution in [3.05, 3.63) is 88.4 Å². The van der Waals surface area contributed by atoms with Crippen LogP contribution < -0.4 is 14.9 Å². The normalized spacial score (nSPS) is 16.4. The first-order valence-electron chi connectivity index (χ1n) is 12.9. The van der Waals surface area contributed by atoms with Gasteiger partial charge in [0.15, 0.2) is 0 Å². The van der Waals surface area contributed by atoms with E-state index in [0.717, 1.165) is 16.5 Å². The topological polar surface area (TPSA) is 105 Å². The van der Waals surface area contributed by atoms with E-state index in [9.17, 15) is 18.0 Å². The molecule has 3 aromatic rings. The molecule has 0 radical (unpaired) electrons. The molecule has 1 fully saturated rings. The molecule has 0 bridgehead atoms. The number of nitrogens with zero attached hydrogens (tertiary/aromatic N) is 1. The van der Waals surface area contributed by atoms with E-state index in [4.69, 9.17) is 4.74 Å². The lowest BCUT2D eigenvalue weighted by molar-refractivity contribution is -0.148. The van der Waals surface area contributed by atoms with E-state index in [2.05, 4.69) is 26.0 Å². The number of ether oxygens (including phenoxy) is 1. The Hall–Kier alpha value is -3.21. The number of carbonyl (C=O) groups is 2. The summed E-state index contributed by atoms with van der Waals surface area (Å²) < 4.78 is 36.4. The molecule has 1 aliphatic heterocycles. The molecule has 1 saturated heterocycles. The van der Waals surface area contributed by atoms with Crippen molar-refractivity contribution in [3.8, 4) is 0 Å². The molecule has 0 aliphatic carbocycles. The number of carbonyl (C=O) groups excluding carboxylic acids is 2. The molecule has 206 valence electrons. The van der Waals surface area contributed by atoms with Crippen LogP contribution in [0.1, 0.15) is 48.7 Å². The van der Waals surface area contributed by atoms with Gasteiger partial charge >= 0.3 is 5.97 Å². The molecular formula is C29H32BrN3O5S. The van der Waals surface area contributed by atoms with E-state index >= 15 is 0 Å². The zero-order chi connectivity index (χ0) is 28.0. The average molecular weight is 615 g/mol. The fraction of sp³-hybridized carbons (Fsp3) is 0.310. The molecule has 1 aliphatic rings. The molecule has 0 aromatic heterocycles. The van der Waals surface area contributed by atoms with E-state index in [-0.39, 0.29) is 22.7 Å². The Balaban J connectivity index is 1.67. The summed E-state index contributed by atoms with van der Waals surface area (Å²) in [6, 6.07) is 20.5. The summed E-state index contributed by atoms with van der Waals surface area (Å²) in [5.74, 6) is -0.979. The Bertz CT molecular complexity index is 1410. The number of benzene rings is 3. The van der Waals surface area contributed by atoms with Crippen LogP contribution in [-0.2, 0) is 19.6 Å². The largest absolute Gasteiger partial charge is 0.466 e. The Morgan fingerprint density at radius 1 is 1.08 bits per heavy atom. The van der Waals surface area contributed by atoms with E-state index in [1.165, 1.54) is 6.07 Å². The second-order valence-corrected chi connectivity index (χ2v) is 12.0. The lowest BCUT2D eigenvalue weighted by Crippen LogP contribution is -2.40. The van der Waals surface area contributed by atoms with Crippen LogP contribution in [0.25, 0.3) is 0 Å². The highest BCUT2D eigenvalue weighted by atomic mass is 79.9. The number of piperidine rings is 1. The third kappa shape index (κ3) is 7.26. The number of halogens is 1. The first kappa shape index (κ1) is 28.8. The molecule has 3 aromatic carbocycles. The maximum Gasteiger partial charge on any atom is 0.310 e. The number of hydrogen-bond donors (Lipinski definition) is 2. The Labute approximate surface area is 237 Å². The van der Waals surface area contributed by atoms with Crippen LogP contribution in [0.5, 0.6) is 0 Å². The Morgan fingerprint density at radius 3 is 2.49 bits per heavy atom. The van der Waals surface area contributed by atoms with Gasteiger partial charge in [0.05, 0.1) is 18.2 Å². The van der Waals surface area contributed by atoms with Crippen LogP contribution in [0.15, 0.2) is 82.2 Å². The molecule has 2 atom stereocenters. The van der Waals surface area contributed by atoms with Crippen molar-refractivity contribution in [2.24, 2.45) is 5.92 Å². The molecule has 0 saturated carbocycles. The summed E-state index contributed by atoms with van der Waals surface area (Å²) in [6.45, 7) is 4.79. The van der Waals surface area contributed by atoms with E-state index in [1.807, 2.05) is 35.2 Å². The van der Waals surface area contributed by atoms with Crippen molar-refractivity contribution < 1.29 is 22.7 Å². The summed E-state index contributed by atoms with van der Waals surface area (Å²) in [5, 5.41) is 2.81. The zero-order valence-electron chi connectivity index (χ0n) is 21.9. The molecule has 10 heteroatoms.